The van der Waals surface area contributed by atoms with Crippen molar-refractivity contribution in [2.45, 2.75) is 38.8 Å². The molecule has 0 spiro atoms. The van der Waals surface area contributed by atoms with E-state index in [9.17, 15) is 14.9 Å². The molecule has 0 aliphatic carbocycles. The van der Waals surface area contributed by atoms with Gasteiger partial charge in [-0.2, -0.15) is 0 Å². The summed E-state index contributed by atoms with van der Waals surface area (Å²) in [5.41, 5.74) is 9.51. The van der Waals surface area contributed by atoms with Crippen LogP contribution in [0.1, 0.15) is 31.2 Å². The molecule has 1 amide bonds. The molecule has 0 aliphatic heterocycles. The highest BCUT2D eigenvalue weighted by atomic mass is 16.6. The van der Waals surface area contributed by atoms with Crippen LogP contribution >= 0.6 is 0 Å². The number of nitro groups is 1. The maximum atomic E-state index is 12.1. The molecule has 0 saturated heterocycles. The fourth-order valence-electron chi connectivity index (χ4n) is 3.74. The van der Waals surface area contributed by atoms with Gasteiger partial charge in [0.1, 0.15) is 5.52 Å². The number of nitrogens with one attached hydrogen (secondary N) is 1. The lowest BCUT2D eigenvalue weighted by molar-refractivity contribution is -0.384. The Morgan fingerprint density at radius 3 is 2.66 bits per heavy atom. The van der Waals surface area contributed by atoms with E-state index in [2.05, 4.69) is 19.9 Å². The second kappa shape index (κ2) is 9.42. The first-order chi connectivity index (χ1) is 15.5. The van der Waals surface area contributed by atoms with Crippen LogP contribution in [0.5, 0.6) is 0 Å². The zero-order valence-corrected chi connectivity index (χ0v) is 17.5. The van der Waals surface area contributed by atoms with Crippen LogP contribution in [0.3, 0.4) is 0 Å². The third-order valence-electron chi connectivity index (χ3n) is 5.42. The van der Waals surface area contributed by atoms with E-state index < -0.39 is 4.92 Å². The van der Waals surface area contributed by atoms with Crippen molar-refractivity contribution >= 4 is 39.3 Å². The first kappa shape index (κ1) is 21.2. The van der Waals surface area contributed by atoms with Gasteiger partial charge in [0.25, 0.3) is 5.69 Å². The number of unbranched alkanes of at least 4 members (excludes halogenated alkanes) is 2. The van der Waals surface area contributed by atoms with Gasteiger partial charge >= 0.3 is 0 Å². The van der Waals surface area contributed by atoms with Gasteiger partial charge in [0.2, 0.25) is 5.91 Å². The molecule has 2 aromatic carbocycles. The molecule has 0 unspecified atom stereocenters. The molecule has 3 N–H and O–H groups in total. The highest BCUT2D eigenvalue weighted by Gasteiger charge is 2.12. The quantitative estimate of drug-likeness (QED) is 0.234. The highest BCUT2D eigenvalue weighted by molar-refractivity contribution is 6.06. The summed E-state index contributed by atoms with van der Waals surface area (Å²) in [6.07, 6.45) is 4.84. The number of hydrogen-bond acceptors (Lipinski definition) is 6. The normalized spacial score (nSPS) is 11.1. The molecule has 0 aliphatic rings. The number of aryl methyl sites for hydroxylation is 1. The number of imidazole rings is 1. The number of aromatic nitrogens is 3. The molecule has 9 heteroatoms. The fourth-order valence-corrected chi connectivity index (χ4v) is 3.74. The number of pyridine rings is 1. The second-order valence-corrected chi connectivity index (χ2v) is 7.66. The second-order valence-electron chi connectivity index (χ2n) is 7.66. The summed E-state index contributed by atoms with van der Waals surface area (Å²) < 4.78 is 2.10. The molecule has 0 bridgehead atoms. The van der Waals surface area contributed by atoms with E-state index in [1.54, 1.807) is 18.5 Å². The Kier molecular flexibility index (Phi) is 6.25. The molecule has 164 valence electrons. The van der Waals surface area contributed by atoms with E-state index in [1.807, 2.05) is 24.3 Å². The predicted octanol–water partition coefficient (Wildman–Crippen LogP) is 3.95. The number of anilines is 1. The largest absolute Gasteiger partial charge is 0.382 e. The fraction of sp³-hybridized carbons (Fsp3) is 0.261. The van der Waals surface area contributed by atoms with Gasteiger partial charge in [0, 0.05) is 37.0 Å². The lowest BCUT2D eigenvalue weighted by Crippen LogP contribution is -2.22. The van der Waals surface area contributed by atoms with Crippen molar-refractivity contribution in [1.29, 1.82) is 0 Å². The number of nitrogens with zero attached hydrogens (tertiary/aromatic N) is 4. The summed E-state index contributed by atoms with van der Waals surface area (Å²) in [6, 6.07) is 14.1. The summed E-state index contributed by atoms with van der Waals surface area (Å²) in [7, 11) is 0. The number of nitrogen functional groups attached to an aromatic ring is 1. The number of amides is 1. The number of rotatable bonds is 9. The molecule has 0 saturated carbocycles. The first-order valence-electron chi connectivity index (χ1n) is 10.5. The number of fused-ring (bicyclic) bond motifs is 3. The van der Waals surface area contributed by atoms with Crippen LogP contribution in [0.2, 0.25) is 0 Å². The van der Waals surface area contributed by atoms with Gasteiger partial charge < -0.3 is 15.6 Å². The predicted molar refractivity (Wildman–Crippen MR) is 123 cm³/mol. The van der Waals surface area contributed by atoms with Crippen molar-refractivity contribution < 1.29 is 9.72 Å². The molecule has 0 atom stereocenters. The number of benzene rings is 2. The third kappa shape index (κ3) is 4.66. The minimum Gasteiger partial charge on any atom is -0.382 e. The van der Waals surface area contributed by atoms with E-state index >= 15 is 0 Å². The SMILES string of the molecule is Nc1nc2ccccc2c2c1ncn2CCCCCC(=O)NCc1ccc([N+](=O)[O-])cc1. The Bertz CT molecular complexity index is 1270. The van der Waals surface area contributed by atoms with Crippen LogP contribution in [0.4, 0.5) is 11.5 Å². The van der Waals surface area contributed by atoms with E-state index in [0.29, 0.717) is 24.3 Å². The van der Waals surface area contributed by atoms with Gasteiger partial charge in [-0.15, -0.1) is 0 Å². The van der Waals surface area contributed by atoms with E-state index in [-0.39, 0.29) is 11.6 Å². The zero-order valence-electron chi connectivity index (χ0n) is 17.5. The Morgan fingerprint density at radius 1 is 1.09 bits per heavy atom. The van der Waals surface area contributed by atoms with Gasteiger partial charge in [0.05, 0.1) is 22.3 Å². The van der Waals surface area contributed by atoms with Gasteiger partial charge in [-0.25, -0.2) is 9.97 Å². The molecule has 4 aromatic rings. The van der Waals surface area contributed by atoms with Crippen LogP contribution < -0.4 is 11.1 Å². The monoisotopic (exact) mass is 432 g/mol. The van der Waals surface area contributed by atoms with Crippen LogP contribution in [0.25, 0.3) is 21.9 Å². The van der Waals surface area contributed by atoms with Crippen molar-refractivity contribution in [1.82, 2.24) is 19.9 Å². The number of nitrogens with two attached hydrogens (primary N) is 1. The van der Waals surface area contributed by atoms with Crippen LogP contribution in [-0.2, 0) is 17.9 Å². The summed E-state index contributed by atoms with van der Waals surface area (Å²) in [5.74, 6) is 0.406. The molecule has 32 heavy (non-hydrogen) atoms. The van der Waals surface area contributed by atoms with Crippen LogP contribution in [0.15, 0.2) is 54.9 Å². The Morgan fingerprint density at radius 2 is 1.88 bits per heavy atom. The van der Waals surface area contributed by atoms with Gasteiger partial charge in [-0.3, -0.25) is 14.9 Å². The minimum absolute atomic E-state index is 0.0266. The average Bonchev–Trinajstić information content (AvgIpc) is 3.23. The molecular weight excluding hydrogens is 408 g/mol. The minimum atomic E-state index is -0.441. The van der Waals surface area contributed by atoms with Crippen molar-refractivity contribution in [2.24, 2.45) is 0 Å². The molecule has 9 nitrogen and oxygen atoms in total. The smallest absolute Gasteiger partial charge is 0.269 e. The van der Waals surface area contributed by atoms with E-state index in [4.69, 9.17) is 5.73 Å². The molecule has 2 heterocycles. The Hall–Kier alpha value is -4.01. The third-order valence-corrected chi connectivity index (χ3v) is 5.42. The maximum Gasteiger partial charge on any atom is 0.269 e. The van der Waals surface area contributed by atoms with Crippen molar-refractivity contribution in [3.05, 3.63) is 70.5 Å². The number of carbonyl (C=O) groups excluding carboxylic acids is 1. The topological polar surface area (TPSA) is 129 Å². The summed E-state index contributed by atoms with van der Waals surface area (Å²) in [4.78, 5) is 31.2. The average molecular weight is 432 g/mol. The summed E-state index contributed by atoms with van der Waals surface area (Å²) in [5, 5.41) is 14.6. The molecule has 0 fully saturated rings. The van der Waals surface area contributed by atoms with Crippen molar-refractivity contribution in [3.63, 3.8) is 0 Å². The van der Waals surface area contributed by atoms with Crippen molar-refractivity contribution in [3.8, 4) is 0 Å². The number of hydrogen-bond donors (Lipinski definition) is 2. The van der Waals surface area contributed by atoms with E-state index in [1.165, 1.54) is 12.1 Å². The lowest BCUT2D eigenvalue weighted by Gasteiger charge is -2.08. The van der Waals surface area contributed by atoms with E-state index in [0.717, 1.165) is 47.8 Å². The number of non-ortho nitro benzene ring substituents is 1. The summed E-state index contributed by atoms with van der Waals surface area (Å²) in [6.45, 7) is 1.15. The molecular formula is C23H24N6O3. The number of nitro benzene ring substituents is 1. The molecule has 0 radical (unpaired) electrons. The Labute approximate surface area is 184 Å². The van der Waals surface area contributed by atoms with Crippen molar-refractivity contribution in [2.75, 3.05) is 5.73 Å². The maximum absolute atomic E-state index is 12.1. The Balaban J connectivity index is 1.25. The van der Waals surface area contributed by atoms with Gasteiger partial charge in [-0.05, 0) is 24.5 Å². The number of carbonyl (C=O) groups is 1. The van der Waals surface area contributed by atoms with Gasteiger partial charge in [-0.1, -0.05) is 36.8 Å². The van der Waals surface area contributed by atoms with Crippen LogP contribution in [-0.4, -0.2) is 25.4 Å². The standard InChI is InChI=1S/C23H24N6O3/c24-23-21-22(18-6-3-4-7-19(18)27-23)28(15-26-21)13-5-1-2-8-20(30)25-14-16-9-11-17(12-10-16)29(31)32/h3-4,6-7,9-12,15H,1-2,5,8,13-14H2,(H2,24,27)(H,25,30). The van der Waals surface area contributed by atoms with Crippen LogP contribution in [0, 0.1) is 10.1 Å². The van der Waals surface area contributed by atoms with Gasteiger partial charge in [0.15, 0.2) is 5.82 Å². The highest BCUT2D eigenvalue weighted by Crippen LogP contribution is 2.27. The lowest BCUT2D eigenvalue weighted by atomic mass is 10.1. The molecule has 2 aromatic heterocycles. The molecule has 4 rings (SSSR count). The zero-order chi connectivity index (χ0) is 22.5. The summed E-state index contributed by atoms with van der Waals surface area (Å²) >= 11 is 0. The number of para-hydroxylation sites is 1. The first-order valence-corrected chi connectivity index (χ1v) is 10.5.